The van der Waals surface area contributed by atoms with Crippen molar-refractivity contribution in [3.05, 3.63) is 29.6 Å². The molecule has 0 aromatic heterocycles. The molecule has 0 bridgehead atoms. The molecular weight excluding hydrogens is 239 g/mol. The molecule has 0 aliphatic heterocycles. The van der Waals surface area contributed by atoms with Crippen LogP contribution in [0.15, 0.2) is 12.1 Å². The molecule has 2 rings (SSSR count). The molecule has 4 heteroatoms. The predicted molar refractivity (Wildman–Crippen MR) is 66.0 cm³/mol. The van der Waals surface area contributed by atoms with Crippen molar-refractivity contribution in [2.45, 2.75) is 45.1 Å². The lowest BCUT2D eigenvalue weighted by molar-refractivity contribution is 0.328. The van der Waals surface area contributed by atoms with Crippen LogP contribution in [-0.4, -0.2) is 6.04 Å². The minimum Gasteiger partial charge on any atom is -0.380 e. The van der Waals surface area contributed by atoms with Crippen LogP contribution < -0.4 is 5.32 Å². The lowest BCUT2D eigenvalue weighted by Gasteiger charge is -2.29. The summed E-state index contributed by atoms with van der Waals surface area (Å²) in [4.78, 5) is 0. The monoisotopic (exact) mass is 257 g/mol. The smallest absolute Gasteiger partial charge is 0.161 e. The lowest BCUT2D eigenvalue weighted by Crippen LogP contribution is -2.28. The Labute approximate surface area is 105 Å². The van der Waals surface area contributed by atoms with Crippen LogP contribution in [-0.2, 0) is 0 Å². The first kappa shape index (κ1) is 13.2. The van der Waals surface area contributed by atoms with Crippen molar-refractivity contribution in [1.29, 1.82) is 0 Å². The first-order valence-corrected chi connectivity index (χ1v) is 6.49. The van der Waals surface area contributed by atoms with E-state index in [-0.39, 0.29) is 11.7 Å². The standard InChI is InChI=1S/C14H18F3N/c1-9(10-5-3-2-4-6-10)18-14-8-12(16)11(15)7-13(14)17/h7-10,18H,2-6H2,1H3. The van der Waals surface area contributed by atoms with Gasteiger partial charge in [-0.3, -0.25) is 0 Å². The molecule has 1 atom stereocenters. The van der Waals surface area contributed by atoms with Gasteiger partial charge in [-0.25, -0.2) is 13.2 Å². The van der Waals surface area contributed by atoms with Gasteiger partial charge in [0, 0.05) is 18.2 Å². The fraction of sp³-hybridized carbons (Fsp3) is 0.571. The number of hydrogen-bond acceptors (Lipinski definition) is 1. The summed E-state index contributed by atoms with van der Waals surface area (Å²) in [5, 5.41) is 2.97. The maximum atomic E-state index is 13.5. The Morgan fingerprint density at radius 2 is 1.61 bits per heavy atom. The summed E-state index contributed by atoms with van der Waals surface area (Å²) in [6.45, 7) is 1.97. The zero-order valence-corrected chi connectivity index (χ0v) is 10.5. The van der Waals surface area contributed by atoms with E-state index in [0.29, 0.717) is 12.0 Å². The van der Waals surface area contributed by atoms with Crippen molar-refractivity contribution < 1.29 is 13.2 Å². The van der Waals surface area contributed by atoms with Crippen molar-refractivity contribution in [1.82, 2.24) is 0 Å². The Kier molecular flexibility index (Phi) is 4.15. The minimum atomic E-state index is -1.15. The van der Waals surface area contributed by atoms with Gasteiger partial charge in [-0.2, -0.15) is 0 Å². The van der Waals surface area contributed by atoms with Crippen molar-refractivity contribution in [2.75, 3.05) is 5.32 Å². The second-order valence-corrected chi connectivity index (χ2v) is 5.08. The molecule has 1 saturated carbocycles. The minimum absolute atomic E-state index is 0.0481. The Hall–Kier alpha value is -1.19. The summed E-state index contributed by atoms with van der Waals surface area (Å²) in [6, 6.07) is 1.56. The molecule has 1 aromatic rings. The van der Waals surface area contributed by atoms with E-state index in [4.69, 9.17) is 0 Å². The zero-order chi connectivity index (χ0) is 13.1. The third-order valence-corrected chi connectivity index (χ3v) is 3.75. The van der Waals surface area contributed by atoms with Gasteiger partial charge >= 0.3 is 0 Å². The van der Waals surface area contributed by atoms with Gasteiger partial charge in [0.25, 0.3) is 0 Å². The maximum absolute atomic E-state index is 13.5. The summed E-state index contributed by atoms with van der Waals surface area (Å²) < 4.78 is 39.4. The molecule has 1 nitrogen and oxygen atoms in total. The highest BCUT2D eigenvalue weighted by molar-refractivity contribution is 5.46. The lowest BCUT2D eigenvalue weighted by atomic mass is 9.84. The SMILES string of the molecule is CC(Nc1cc(F)c(F)cc1F)C1CCCCC1. The van der Waals surface area contributed by atoms with Crippen molar-refractivity contribution >= 4 is 5.69 Å². The highest BCUT2D eigenvalue weighted by Gasteiger charge is 2.21. The molecule has 1 aliphatic rings. The van der Waals surface area contributed by atoms with E-state index < -0.39 is 17.5 Å². The summed E-state index contributed by atoms with van der Waals surface area (Å²) in [5.41, 5.74) is 0.0481. The van der Waals surface area contributed by atoms with Crippen LogP contribution >= 0.6 is 0 Å². The van der Waals surface area contributed by atoms with Gasteiger partial charge in [0.05, 0.1) is 5.69 Å². The number of rotatable bonds is 3. The molecule has 0 heterocycles. The molecule has 1 unspecified atom stereocenters. The maximum Gasteiger partial charge on any atom is 0.161 e. The van der Waals surface area contributed by atoms with Crippen LogP contribution in [0.5, 0.6) is 0 Å². The van der Waals surface area contributed by atoms with E-state index in [1.54, 1.807) is 0 Å². The van der Waals surface area contributed by atoms with Gasteiger partial charge in [-0.05, 0) is 25.7 Å². The molecule has 1 aliphatic carbocycles. The fourth-order valence-corrected chi connectivity index (χ4v) is 2.63. The first-order chi connectivity index (χ1) is 8.58. The van der Waals surface area contributed by atoms with E-state index in [1.165, 1.54) is 19.3 Å². The molecule has 0 saturated heterocycles. The third kappa shape index (κ3) is 2.98. The third-order valence-electron chi connectivity index (χ3n) is 3.75. The topological polar surface area (TPSA) is 12.0 Å². The predicted octanol–water partition coefficient (Wildman–Crippen LogP) is 4.48. The number of nitrogens with one attached hydrogen (secondary N) is 1. The van der Waals surface area contributed by atoms with Gasteiger partial charge in [0.15, 0.2) is 11.6 Å². The highest BCUT2D eigenvalue weighted by atomic mass is 19.2. The summed E-state index contributed by atoms with van der Waals surface area (Å²) in [6.07, 6.45) is 5.86. The van der Waals surface area contributed by atoms with Crippen molar-refractivity contribution in [3.63, 3.8) is 0 Å². The molecule has 1 fully saturated rings. The molecular formula is C14H18F3N. The molecule has 100 valence electrons. The second kappa shape index (κ2) is 5.63. The van der Waals surface area contributed by atoms with Crippen LogP contribution in [0.1, 0.15) is 39.0 Å². The Balaban J connectivity index is 2.06. The second-order valence-electron chi connectivity index (χ2n) is 5.08. The van der Waals surface area contributed by atoms with E-state index in [9.17, 15) is 13.2 Å². The summed E-state index contributed by atoms with van der Waals surface area (Å²) >= 11 is 0. The Bertz CT molecular complexity index is 414. The van der Waals surface area contributed by atoms with Crippen LogP contribution in [0.3, 0.4) is 0 Å². The molecule has 0 spiro atoms. The number of hydrogen-bond donors (Lipinski definition) is 1. The molecule has 0 radical (unpaired) electrons. The van der Waals surface area contributed by atoms with E-state index in [1.807, 2.05) is 6.92 Å². The van der Waals surface area contributed by atoms with Gasteiger partial charge < -0.3 is 5.32 Å². The Morgan fingerprint density at radius 1 is 1.00 bits per heavy atom. The number of halogens is 3. The average Bonchev–Trinajstić information content (AvgIpc) is 2.37. The van der Waals surface area contributed by atoms with E-state index in [0.717, 1.165) is 18.9 Å². The first-order valence-electron chi connectivity index (χ1n) is 6.49. The van der Waals surface area contributed by atoms with Crippen LogP contribution in [0.4, 0.5) is 18.9 Å². The fourth-order valence-electron chi connectivity index (χ4n) is 2.63. The van der Waals surface area contributed by atoms with Crippen LogP contribution in [0.2, 0.25) is 0 Å². The quantitative estimate of drug-likeness (QED) is 0.787. The molecule has 1 aromatic carbocycles. The van der Waals surface area contributed by atoms with Gasteiger partial charge in [0.1, 0.15) is 5.82 Å². The number of benzene rings is 1. The van der Waals surface area contributed by atoms with Crippen LogP contribution in [0, 0.1) is 23.4 Å². The Morgan fingerprint density at radius 3 is 2.28 bits per heavy atom. The molecule has 1 N–H and O–H groups in total. The molecule has 0 amide bonds. The van der Waals surface area contributed by atoms with E-state index in [2.05, 4.69) is 5.32 Å². The van der Waals surface area contributed by atoms with Crippen molar-refractivity contribution in [3.8, 4) is 0 Å². The van der Waals surface area contributed by atoms with Gasteiger partial charge in [-0.1, -0.05) is 19.3 Å². The van der Waals surface area contributed by atoms with E-state index >= 15 is 0 Å². The van der Waals surface area contributed by atoms with Gasteiger partial charge in [-0.15, -0.1) is 0 Å². The summed E-state index contributed by atoms with van der Waals surface area (Å²) in [5.74, 6) is -2.43. The summed E-state index contributed by atoms with van der Waals surface area (Å²) in [7, 11) is 0. The molecule has 18 heavy (non-hydrogen) atoms. The average molecular weight is 257 g/mol. The number of anilines is 1. The van der Waals surface area contributed by atoms with Gasteiger partial charge in [0.2, 0.25) is 0 Å². The van der Waals surface area contributed by atoms with Crippen molar-refractivity contribution in [2.24, 2.45) is 5.92 Å². The van der Waals surface area contributed by atoms with Crippen LogP contribution in [0.25, 0.3) is 0 Å². The zero-order valence-electron chi connectivity index (χ0n) is 10.5. The highest BCUT2D eigenvalue weighted by Crippen LogP contribution is 2.29. The normalized spacial score (nSPS) is 18.7. The largest absolute Gasteiger partial charge is 0.380 e.